The van der Waals surface area contributed by atoms with Gasteiger partial charge in [0.2, 0.25) is 0 Å². The molecule has 2 rings (SSSR count). The SMILES string of the molecule is CCCCc1ccccc1Nc1cc(C(C)(C)C)cc(C(C)(C)C)c1N. The zero-order chi connectivity index (χ0) is 19.5. The normalized spacial score (nSPS) is 12.3. The van der Waals surface area contributed by atoms with Gasteiger partial charge in [-0.25, -0.2) is 0 Å². The van der Waals surface area contributed by atoms with Crippen LogP contribution in [0, 0.1) is 0 Å². The van der Waals surface area contributed by atoms with Crippen LogP contribution in [0.3, 0.4) is 0 Å². The smallest absolute Gasteiger partial charge is 0.0624 e. The Bertz CT molecular complexity index is 746. The number of nitrogens with one attached hydrogen (secondary N) is 1. The molecule has 3 N–H and O–H groups in total. The van der Waals surface area contributed by atoms with E-state index in [1.165, 1.54) is 35.2 Å². The summed E-state index contributed by atoms with van der Waals surface area (Å²) in [6.45, 7) is 15.7. The van der Waals surface area contributed by atoms with Crippen molar-refractivity contribution in [2.45, 2.75) is 78.6 Å². The topological polar surface area (TPSA) is 38.0 Å². The van der Waals surface area contributed by atoms with Gasteiger partial charge in [-0.15, -0.1) is 0 Å². The number of nitrogen functional groups attached to an aromatic ring is 1. The molecule has 2 aromatic rings. The Hall–Kier alpha value is -1.96. The Kier molecular flexibility index (Phi) is 6.05. The zero-order valence-electron chi connectivity index (χ0n) is 17.7. The number of hydrogen-bond donors (Lipinski definition) is 2. The Morgan fingerprint density at radius 2 is 1.54 bits per heavy atom. The molecular formula is C24H36N2. The van der Waals surface area contributed by atoms with E-state index < -0.39 is 0 Å². The van der Waals surface area contributed by atoms with Gasteiger partial charge in [-0.05, 0) is 52.5 Å². The maximum Gasteiger partial charge on any atom is 0.0624 e. The van der Waals surface area contributed by atoms with Gasteiger partial charge in [0, 0.05) is 5.69 Å². The predicted octanol–water partition coefficient (Wildman–Crippen LogP) is 6.95. The van der Waals surface area contributed by atoms with Crippen LogP contribution in [0.25, 0.3) is 0 Å². The molecule has 0 saturated heterocycles. The van der Waals surface area contributed by atoms with Gasteiger partial charge >= 0.3 is 0 Å². The van der Waals surface area contributed by atoms with Gasteiger partial charge in [0.1, 0.15) is 0 Å². The maximum absolute atomic E-state index is 6.62. The van der Waals surface area contributed by atoms with E-state index >= 15 is 0 Å². The van der Waals surface area contributed by atoms with Crippen LogP contribution in [-0.4, -0.2) is 0 Å². The molecule has 0 spiro atoms. The summed E-state index contributed by atoms with van der Waals surface area (Å²) < 4.78 is 0. The van der Waals surface area contributed by atoms with E-state index in [2.05, 4.69) is 90.2 Å². The first-order valence-corrected chi connectivity index (χ1v) is 9.83. The summed E-state index contributed by atoms with van der Waals surface area (Å²) in [4.78, 5) is 0. The summed E-state index contributed by atoms with van der Waals surface area (Å²) >= 11 is 0. The summed E-state index contributed by atoms with van der Waals surface area (Å²) in [5, 5.41) is 3.65. The second kappa shape index (κ2) is 7.73. The van der Waals surface area contributed by atoms with Gasteiger partial charge < -0.3 is 11.1 Å². The number of nitrogens with two attached hydrogens (primary N) is 1. The third kappa shape index (κ3) is 4.81. The van der Waals surface area contributed by atoms with Crippen LogP contribution in [0.1, 0.15) is 78.0 Å². The summed E-state index contributed by atoms with van der Waals surface area (Å²) in [7, 11) is 0. The van der Waals surface area contributed by atoms with Crippen molar-refractivity contribution in [1.82, 2.24) is 0 Å². The molecule has 0 amide bonds. The van der Waals surface area contributed by atoms with Crippen molar-refractivity contribution in [2.24, 2.45) is 0 Å². The fraction of sp³-hybridized carbons (Fsp3) is 0.500. The van der Waals surface area contributed by atoms with Crippen molar-refractivity contribution in [3.05, 3.63) is 53.1 Å². The second-order valence-corrected chi connectivity index (χ2v) is 9.37. The number of aryl methyl sites for hydroxylation is 1. The number of para-hydroxylation sites is 1. The molecule has 0 aromatic heterocycles. The first-order chi connectivity index (χ1) is 12.0. The van der Waals surface area contributed by atoms with E-state index in [4.69, 9.17) is 5.73 Å². The fourth-order valence-corrected chi connectivity index (χ4v) is 3.18. The molecule has 2 aromatic carbocycles. The van der Waals surface area contributed by atoms with Crippen LogP contribution in [0.4, 0.5) is 17.1 Å². The van der Waals surface area contributed by atoms with Gasteiger partial charge in [-0.1, -0.05) is 79.2 Å². The summed E-state index contributed by atoms with van der Waals surface area (Å²) in [5.41, 5.74) is 13.6. The van der Waals surface area contributed by atoms with Gasteiger partial charge in [0.25, 0.3) is 0 Å². The van der Waals surface area contributed by atoms with E-state index in [1.54, 1.807) is 0 Å². The van der Waals surface area contributed by atoms with Crippen LogP contribution in [0.15, 0.2) is 36.4 Å². The van der Waals surface area contributed by atoms with E-state index in [-0.39, 0.29) is 10.8 Å². The highest BCUT2D eigenvalue weighted by Crippen LogP contribution is 2.39. The second-order valence-electron chi connectivity index (χ2n) is 9.37. The maximum atomic E-state index is 6.62. The average Bonchev–Trinajstić information content (AvgIpc) is 2.53. The summed E-state index contributed by atoms with van der Waals surface area (Å²) in [5.74, 6) is 0. The van der Waals surface area contributed by atoms with E-state index in [1.807, 2.05) is 0 Å². The highest BCUT2D eigenvalue weighted by atomic mass is 14.9. The minimum absolute atomic E-state index is 0.00347. The lowest BCUT2D eigenvalue weighted by molar-refractivity contribution is 0.570. The minimum atomic E-state index is 0.00347. The summed E-state index contributed by atoms with van der Waals surface area (Å²) in [6.07, 6.45) is 3.48. The van der Waals surface area contributed by atoms with Crippen LogP contribution >= 0.6 is 0 Å². The molecule has 0 heterocycles. The highest BCUT2D eigenvalue weighted by molar-refractivity contribution is 5.78. The summed E-state index contributed by atoms with van der Waals surface area (Å²) in [6, 6.07) is 13.1. The molecule has 0 aliphatic carbocycles. The van der Waals surface area contributed by atoms with Gasteiger partial charge in [0.05, 0.1) is 11.4 Å². The van der Waals surface area contributed by atoms with Crippen molar-refractivity contribution in [3.63, 3.8) is 0 Å². The molecule has 142 valence electrons. The van der Waals surface area contributed by atoms with Crippen LogP contribution in [-0.2, 0) is 17.3 Å². The molecule has 0 fully saturated rings. The van der Waals surface area contributed by atoms with Crippen LogP contribution in [0.5, 0.6) is 0 Å². The number of benzene rings is 2. The zero-order valence-corrected chi connectivity index (χ0v) is 17.7. The first kappa shape index (κ1) is 20.4. The molecule has 0 saturated carbocycles. The van der Waals surface area contributed by atoms with Crippen molar-refractivity contribution in [1.29, 1.82) is 0 Å². The van der Waals surface area contributed by atoms with E-state index in [9.17, 15) is 0 Å². The molecule has 0 atom stereocenters. The Morgan fingerprint density at radius 3 is 2.12 bits per heavy atom. The van der Waals surface area contributed by atoms with E-state index in [0.29, 0.717) is 0 Å². The van der Waals surface area contributed by atoms with Crippen molar-refractivity contribution < 1.29 is 0 Å². The lowest BCUT2D eigenvalue weighted by Crippen LogP contribution is -2.19. The standard InChI is InChI=1S/C24H36N2/c1-8-9-12-17-13-10-11-14-20(17)26-21-16-18(23(2,3)4)15-19(22(21)25)24(5,6)7/h10-11,13-16,26H,8-9,12,25H2,1-7H3. The fourth-order valence-electron chi connectivity index (χ4n) is 3.18. The molecule has 2 nitrogen and oxygen atoms in total. The molecule has 0 aliphatic heterocycles. The predicted molar refractivity (Wildman–Crippen MR) is 117 cm³/mol. The lowest BCUT2D eigenvalue weighted by atomic mass is 9.79. The quantitative estimate of drug-likeness (QED) is 0.571. The van der Waals surface area contributed by atoms with E-state index in [0.717, 1.165) is 17.8 Å². The molecule has 0 unspecified atom stereocenters. The van der Waals surface area contributed by atoms with Gasteiger partial charge in [0.15, 0.2) is 0 Å². The average molecular weight is 353 g/mol. The molecule has 0 aliphatic rings. The highest BCUT2D eigenvalue weighted by Gasteiger charge is 2.24. The molecule has 26 heavy (non-hydrogen) atoms. The van der Waals surface area contributed by atoms with Crippen molar-refractivity contribution >= 4 is 17.1 Å². The largest absolute Gasteiger partial charge is 0.397 e. The monoisotopic (exact) mass is 352 g/mol. The van der Waals surface area contributed by atoms with Gasteiger partial charge in [-0.2, -0.15) is 0 Å². The number of rotatable bonds is 5. The molecular weight excluding hydrogens is 316 g/mol. The van der Waals surface area contributed by atoms with Crippen molar-refractivity contribution in [3.8, 4) is 0 Å². The van der Waals surface area contributed by atoms with Crippen LogP contribution in [0.2, 0.25) is 0 Å². The minimum Gasteiger partial charge on any atom is -0.397 e. The molecule has 0 radical (unpaired) electrons. The number of anilines is 3. The van der Waals surface area contributed by atoms with Gasteiger partial charge in [-0.3, -0.25) is 0 Å². The Labute approximate surface area is 160 Å². The van der Waals surface area contributed by atoms with Crippen molar-refractivity contribution in [2.75, 3.05) is 11.1 Å². The Morgan fingerprint density at radius 1 is 0.885 bits per heavy atom. The molecule has 0 bridgehead atoms. The molecule has 2 heteroatoms. The van der Waals surface area contributed by atoms with Crippen LogP contribution < -0.4 is 11.1 Å². The number of hydrogen-bond acceptors (Lipinski definition) is 2. The lowest BCUT2D eigenvalue weighted by Gasteiger charge is -2.28. The Balaban J connectivity index is 2.53. The first-order valence-electron chi connectivity index (χ1n) is 9.83. The third-order valence-corrected chi connectivity index (χ3v) is 4.94. The third-order valence-electron chi connectivity index (χ3n) is 4.94. The number of unbranched alkanes of at least 4 members (excludes halogenated alkanes) is 1.